The summed E-state index contributed by atoms with van der Waals surface area (Å²) in [5.74, 6) is 2.24. The van der Waals surface area contributed by atoms with Crippen molar-refractivity contribution in [2.45, 2.75) is 13.0 Å². The molecule has 0 atom stereocenters. The summed E-state index contributed by atoms with van der Waals surface area (Å²) >= 11 is 0. The van der Waals surface area contributed by atoms with Gasteiger partial charge >= 0.3 is 0 Å². The lowest BCUT2D eigenvalue weighted by atomic mass is 10.1. The first-order chi connectivity index (χ1) is 18.2. The Kier molecular flexibility index (Phi) is 6.12. The van der Waals surface area contributed by atoms with E-state index in [1.807, 2.05) is 78.9 Å². The molecule has 37 heavy (non-hydrogen) atoms. The monoisotopic (exact) mass is 492 g/mol. The van der Waals surface area contributed by atoms with E-state index in [2.05, 4.69) is 20.5 Å². The van der Waals surface area contributed by atoms with Crippen LogP contribution in [-0.4, -0.2) is 34.3 Å². The molecule has 3 heterocycles. The number of benzene rings is 3. The maximum atomic E-state index is 12.8. The number of nitrogens with zero attached hydrogens (tertiary/aromatic N) is 2. The lowest BCUT2D eigenvalue weighted by Crippen LogP contribution is -2.17. The minimum absolute atomic E-state index is 0.169. The van der Waals surface area contributed by atoms with Crippen LogP contribution < -0.4 is 19.5 Å². The number of hydrogen-bond donors (Lipinski definition) is 2. The van der Waals surface area contributed by atoms with Crippen LogP contribution in [0.5, 0.6) is 17.4 Å². The summed E-state index contributed by atoms with van der Waals surface area (Å²) in [6, 6.07) is 25.3. The smallest absolute Gasteiger partial charge is 0.230 e. The number of aromatic amines is 1. The number of fused-ring (bicyclic) bond motifs is 2. The van der Waals surface area contributed by atoms with Crippen molar-refractivity contribution >= 4 is 22.6 Å². The molecule has 0 spiro atoms. The van der Waals surface area contributed by atoms with Crippen molar-refractivity contribution in [3.05, 3.63) is 96.2 Å². The van der Waals surface area contributed by atoms with Gasteiger partial charge in [-0.05, 0) is 47.0 Å². The average molecular weight is 493 g/mol. The quantitative estimate of drug-likeness (QED) is 0.326. The molecule has 6 rings (SSSR count). The van der Waals surface area contributed by atoms with Crippen molar-refractivity contribution in [2.24, 2.45) is 0 Å². The van der Waals surface area contributed by atoms with Crippen LogP contribution in [0.2, 0.25) is 0 Å². The Labute approximate surface area is 213 Å². The Morgan fingerprint density at radius 1 is 0.892 bits per heavy atom. The minimum atomic E-state index is -0.169. The number of anilines is 1. The van der Waals surface area contributed by atoms with E-state index in [0.717, 1.165) is 33.2 Å². The highest BCUT2D eigenvalue weighted by Gasteiger charge is 2.15. The molecule has 5 aromatic rings. The maximum absolute atomic E-state index is 12.8. The summed E-state index contributed by atoms with van der Waals surface area (Å²) in [6.45, 7) is 1.50. The number of carbonyl (C=O) groups excluding carboxylic acids is 1. The molecule has 2 N–H and O–H groups in total. The third kappa shape index (κ3) is 5.08. The first kappa shape index (κ1) is 22.6. The van der Waals surface area contributed by atoms with E-state index < -0.39 is 0 Å². The molecule has 2 aromatic heterocycles. The predicted molar refractivity (Wildman–Crippen MR) is 140 cm³/mol. The maximum Gasteiger partial charge on any atom is 0.230 e. The highest BCUT2D eigenvalue weighted by Crippen LogP contribution is 2.31. The van der Waals surface area contributed by atoms with Crippen LogP contribution in [0.3, 0.4) is 0 Å². The summed E-state index contributed by atoms with van der Waals surface area (Å²) in [7, 11) is 0. The third-order valence-corrected chi connectivity index (χ3v) is 6.09. The number of hydrogen-bond acceptors (Lipinski definition) is 6. The second-order valence-electron chi connectivity index (χ2n) is 8.69. The molecule has 1 amide bonds. The summed E-state index contributed by atoms with van der Waals surface area (Å²) in [4.78, 5) is 17.2. The third-order valence-electron chi connectivity index (χ3n) is 6.09. The van der Waals surface area contributed by atoms with Crippen molar-refractivity contribution in [1.82, 2.24) is 15.2 Å². The normalized spacial score (nSPS) is 12.3. The van der Waals surface area contributed by atoms with Crippen LogP contribution in [0.4, 0.5) is 5.82 Å². The van der Waals surface area contributed by atoms with E-state index in [4.69, 9.17) is 14.2 Å². The summed E-state index contributed by atoms with van der Waals surface area (Å²) < 4.78 is 17.0. The van der Waals surface area contributed by atoms with Crippen molar-refractivity contribution in [2.75, 3.05) is 18.5 Å². The van der Waals surface area contributed by atoms with E-state index >= 15 is 0 Å². The van der Waals surface area contributed by atoms with E-state index in [-0.39, 0.29) is 12.3 Å². The molecule has 1 aliphatic rings. The largest absolute Gasteiger partial charge is 0.486 e. The fourth-order valence-corrected chi connectivity index (χ4v) is 4.22. The topological polar surface area (TPSA) is 98.4 Å². The highest BCUT2D eigenvalue weighted by molar-refractivity contribution is 6.01. The molecule has 0 saturated heterocycles. The van der Waals surface area contributed by atoms with Gasteiger partial charge in [0.05, 0.1) is 11.9 Å². The van der Waals surface area contributed by atoms with Crippen molar-refractivity contribution in [3.63, 3.8) is 0 Å². The lowest BCUT2D eigenvalue weighted by Gasteiger charge is -2.18. The summed E-state index contributed by atoms with van der Waals surface area (Å²) in [5, 5.41) is 11.0. The number of carbonyl (C=O) groups is 1. The van der Waals surface area contributed by atoms with Gasteiger partial charge in [-0.1, -0.05) is 42.5 Å². The molecular weight excluding hydrogens is 468 g/mol. The van der Waals surface area contributed by atoms with Gasteiger partial charge in [-0.3, -0.25) is 9.89 Å². The molecule has 0 radical (unpaired) electrons. The zero-order valence-electron chi connectivity index (χ0n) is 19.9. The van der Waals surface area contributed by atoms with Crippen molar-refractivity contribution < 1.29 is 19.0 Å². The van der Waals surface area contributed by atoms with E-state index in [1.54, 1.807) is 6.20 Å². The van der Waals surface area contributed by atoms with E-state index in [0.29, 0.717) is 43.0 Å². The number of aromatic nitrogens is 3. The fourth-order valence-electron chi connectivity index (χ4n) is 4.22. The lowest BCUT2D eigenvalue weighted by molar-refractivity contribution is -0.115. The highest BCUT2D eigenvalue weighted by atomic mass is 16.6. The number of H-pyrrole nitrogens is 1. The van der Waals surface area contributed by atoms with Crippen molar-refractivity contribution in [3.8, 4) is 28.5 Å². The van der Waals surface area contributed by atoms with Gasteiger partial charge in [0, 0.05) is 23.2 Å². The van der Waals surface area contributed by atoms with Gasteiger partial charge in [0.15, 0.2) is 17.3 Å². The minimum Gasteiger partial charge on any atom is -0.486 e. The fraction of sp³-hybridized carbons (Fsp3) is 0.138. The summed E-state index contributed by atoms with van der Waals surface area (Å²) in [6.07, 6.45) is 1.97. The Balaban J connectivity index is 1.15. The molecule has 8 heteroatoms. The zero-order valence-corrected chi connectivity index (χ0v) is 19.9. The van der Waals surface area contributed by atoms with Gasteiger partial charge in [-0.2, -0.15) is 5.10 Å². The molecule has 0 bridgehead atoms. The molecule has 8 nitrogen and oxygen atoms in total. The Hall–Kier alpha value is -4.85. The van der Waals surface area contributed by atoms with Crippen LogP contribution in [0, 0.1) is 0 Å². The number of rotatable bonds is 7. The van der Waals surface area contributed by atoms with E-state index in [1.165, 1.54) is 0 Å². The Morgan fingerprint density at radius 3 is 2.57 bits per heavy atom. The standard InChI is InChI=1S/C29H24N4O4/c34-27(15-20-6-10-25-26(14-20)36-13-12-35-25)31-29-23-16-21(7-9-24(23)32-33-29)22-8-11-28(30-17-22)37-18-19-4-2-1-3-5-19/h1-11,14,16-17H,12-13,15,18H2,(H2,31,32,33,34). The SMILES string of the molecule is O=C(Cc1ccc2c(c1)OCCO2)Nc1n[nH]c2ccc(-c3ccc(OCc4ccccc4)nc3)cc12. The number of ether oxygens (including phenoxy) is 3. The zero-order chi connectivity index (χ0) is 25.0. The van der Waals surface area contributed by atoms with Gasteiger partial charge in [0.2, 0.25) is 11.8 Å². The average Bonchev–Trinajstić information content (AvgIpc) is 3.34. The molecule has 0 fully saturated rings. The van der Waals surface area contributed by atoms with Crippen LogP contribution >= 0.6 is 0 Å². The Morgan fingerprint density at radius 2 is 1.73 bits per heavy atom. The van der Waals surface area contributed by atoms with Crippen molar-refractivity contribution in [1.29, 1.82) is 0 Å². The van der Waals surface area contributed by atoms with E-state index in [9.17, 15) is 4.79 Å². The van der Waals surface area contributed by atoms with Gasteiger partial charge in [-0.15, -0.1) is 0 Å². The molecule has 0 aliphatic carbocycles. The predicted octanol–water partition coefficient (Wildman–Crippen LogP) is 5.16. The van der Waals surface area contributed by atoms with Gasteiger partial charge in [0.1, 0.15) is 19.8 Å². The molecule has 0 unspecified atom stereocenters. The molecule has 3 aromatic carbocycles. The first-order valence-corrected chi connectivity index (χ1v) is 12.0. The second kappa shape index (κ2) is 10.0. The van der Waals surface area contributed by atoms with Crippen LogP contribution in [0.1, 0.15) is 11.1 Å². The molecule has 0 saturated carbocycles. The van der Waals surface area contributed by atoms with Gasteiger partial charge in [-0.25, -0.2) is 4.98 Å². The van der Waals surface area contributed by atoms with Gasteiger partial charge < -0.3 is 19.5 Å². The van der Waals surface area contributed by atoms with Gasteiger partial charge in [0.25, 0.3) is 0 Å². The number of nitrogens with one attached hydrogen (secondary N) is 2. The first-order valence-electron chi connectivity index (χ1n) is 12.0. The molecule has 184 valence electrons. The molecule has 1 aliphatic heterocycles. The number of pyridine rings is 1. The second-order valence-corrected chi connectivity index (χ2v) is 8.69. The number of amides is 1. The van der Waals surface area contributed by atoms with Crippen LogP contribution in [0.15, 0.2) is 85.1 Å². The van der Waals surface area contributed by atoms with Crippen LogP contribution in [-0.2, 0) is 17.8 Å². The summed E-state index contributed by atoms with van der Waals surface area (Å²) in [5.41, 5.74) is 4.64. The Bertz CT molecular complexity index is 1550. The molecular formula is C29H24N4O4. The van der Waals surface area contributed by atoms with Crippen LogP contribution in [0.25, 0.3) is 22.0 Å².